The Balaban J connectivity index is 1.77. The van der Waals surface area contributed by atoms with E-state index in [0.717, 1.165) is 22.9 Å². The van der Waals surface area contributed by atoms with Gasteiger partial charge in [0.2, 0.25) is 0 Å². The zero-order valence-corrected chi connectivity index (χ0v) is 16.6. The first-order valence-corrected chi connectivity index (χ1v) is 9.68. The molecule has 2 aromatic carbocycles. The second-order valence-electron chi connectivity index (χ2n) is 7.03. The average Bonchev–Trinajstić information content (AvgIpc) is 2.75. The van der Waals surface area contributed by atoms with Crippen LogP contribution >= 0.6 is 0 Å². The molecular formula is C23H25NO5. The summed E-state index contributed by atoms with van der Waals surface area (Å²) in [6, 6.07) is 15.9. The third-order valence-electron chi connectivity index (χ3n) is 5.04. The van der Waals surface area contributed by atoms with E-state index < -0.39 is 5.63 Å². The molecule has 0 unspecified atom stereocenters. The molecule has 1 aromatic heterocycles. The zero-order valence-electron chi connectivity index (χ0n) is 16.6. The van der Waals surface area contributed by atoms with Crippen molar-refractivity contribution in [2.24, 2.45) is 5.92 Å². The van der Waals surface area contributed by atoms with Crippen LogP contribution in [0.2, 0.25) is 0 Å². The molecule has 1 heterocycles. The smallest absolute Gasteiger partial charge is 0.336 e. The van der Waals surface area contributed by atoms with Crippen LogP contribution in [0.5, 0.6) is 5.75 Å². The lowest BCUT2D eigenvalue weighted by Crippen LogP contribution is -2.43. The van der Waals surface area contributed by atoms with Crippen molar-refractivity contribution >= 4 is 16.9 Å². The molecule has 3 rings (SSSR count). The highest BCUT2D eigenvalue weighted by Gasteiger charge is 2.17. The third-order valence-corrected chi connectivity index (χ3v) is 5.04. The fourth-order valence-corrected chi connectivity index (χ4v) is 3.14. The van der Waals surface area contributed by atoms with E-state index in [0.29, 0.717) is 11.3 Å². The van der Waals surface area contributed by atoms with Gasteiger partial charge in [-0.3, -0.25) is 4.79 Å². The molecule has 29 heavy (non-hydrogen) atoms. The second kappa shape index (κ2) is 9.39. The lowest BCUT2D eigenvalue weighted by Gasteiger charge is -2.22. The van der Waals surface area contributed by atoms with E-state index in [9.17, 15) is 14.7 Å². The van der Waals surface area contributed by atoms with Gasteiger partial charge in [0, 0.05) is 17.5 Å². The molecular weight excluding hydrogens is 370 g/mol. The van der Waals surface area contributed by atoms with E-state index in [-0.39, 0.29) is 31.1 Å². The topological polar surface area (TPSA) is 88.8 Å². The summed E-state index contributed by atoms with van der Waals surface area (Å²) in [5, 5.41) is 13.0. The van der Waals surface area contributed by atoms with Gasteiger partial charge in [-0.15, -0.1) is 0 Å². The molecule has 0 spiro atoms. The van der Waals surface area contributed by atoms with Crippen LogP contribution in [0.3, 0.4) is 0 Å². The molecule has 152 valence electrons. The predicted molar refractivity (Wildman–Crippen MR) is 112 cm³/mol. The lowest BCUT2D eigenvalue weighted by atomic mass is 10.00. The van der Waals surface area contributed by atoms with Crippen molar-refractivity contribution < 1.29 is 19.1 Å². The molecule has 0 radical (unpaired) electrons. The van der Waals surface area contributed by atoms with E-state index in [1.54, 1.807) is 12.1 Å². The molecule has 2 atom stereocenters. The van der Waals surface area contributed by atoms with Crippen LogP contribution in [0, 0.1) is 5.92 Å². The van der Waals surface area contributed by atoms with Crippen LogP contribution in [-0.4, -0.2) is 30.3 Å². The first kappa shape index (κ1) is 20.6. The number of hydrogen-bond acceptors (Lipinski definition) is 5. The molecule has 3 aromatic rings. The minimum Gasteiger partial charge on any atom is -0.484 e. The maximum absolute atomic E-state index is 12.1. The highest BCUT2D eigenvalue weighted by molar-refractivity contribution is 5.93. The number of benzene rings is 2. The van der Waals surface area contributed by atoms with Crippen LogP contribution < -0.4 is 15.7 Å². The monoisotopic (exact) mass is 395 g/mol. The van der Waals surface area contributed by atoms with Gasteiger partial charge >= 0.3 is 5.63 Å². The maximum atomic E-state index is 12.1. The Kier molecular flexibility index (Phi) is 6.67. The van der Waals surface area contributed by atoms with E-state index in [1.165, 1.54) is 6.07 Å². The summed E-state index contributed by atoms with van der Waals surface area (Å²) in [5.41, 5.74) is 1.63. The van der Waals surface area contributed by atoms with Gasteiger partial charge in [0.25, 0.3) is 5.91 Å². The van der Waals surface area contributed by atoms with Crippen molar-refractivity contribution in [3.05, 3.63) is 65.0 Å². The number of carbonyl (C=O) groups excluding carboxylic acids is 1. The zero-order chi connectivity index (χ0) is 20.8. The Morgan fingerprint density at radius 3 is 2.62 bits per heavy atom. The third kappa shape index (κ3) is 5.03. The molecule has 6 nitrogen and oxygen atoms in total. The van der Waals surface area contributed by atoms with Gasteiger partial charge in [-0.05, 0) is 29.2 Å². The van der Waals surface area contributed by atoms with Crippen LogP contribution in [0.4, 0.5) is 0 Å². The number of aliphatic hydroxyl groups excluding tert-OH is 1. The second-order valence-corrected chi connectivity index (χ2v) is 7.03. The van der Waals surface area contributed by atoms with Crippen molar-refractivity contribution in [2.45, 2.75) is 26.3 Å². The Labute approximate surface area is 169 Å². The summed E-state index contributed by atoms with van der Waals surface area (Å²) in [4.78, 5) is 24.1. The van der Waals surface area contributed by atoms with Crippen LogP contribution in [0.15, 0.2) is 63.8 Å². The minimum atomic E-state index is -0.453. The SMILES string of the molecule is CC[C@H](C)[C@H](CO)NC(=O)COc1ccc2c(-c3ccccc3)cc(=O)oc2c1. The van der Waals surface area contributed by atoms with Crippen molar-refractivity contribution in [3.63, 3.8) is 0 Å². The number of rotatable bonds is 8. The van der Waals surface area contributed by atoms with Gasteiger partial charge < -0.3 is 19.6 Å². The number of aliphatic hydroxyl groups is 1. The van der Waals surface area contributed by atoms with E-state index >= 15 is 0 Å². The van der Waals surface area contributed by atoms with Crippen LogP contribution in [0.25, 0.3) is 22.1 Å². The fraction of sp³-hybridized carbons (Fsp3) is 0.304. The first-order chi connectivity index (χ1) is 14.0. The Morgan fingerprint density at radius 1 is 1.17 bits per heavy atom. The lowest BCUT2D eigenvalue weighted by molar-refractivity contribution is -0.124. The average molecular weight is 395 g/mol. The van der Waals surface area contributed by atoms with Gasteiger partial charge in [-0.1, -0.05) is 50.6 Å². The van der Waals surface area contributed by atoms with Crippen molar-refractivity contribution in [3.8, 4) is 16.9 Å². The Hall–Kier alpha value is -3.12. The summed E-state index contributed by atoms with van der Waals surface area (Å²) in [6.07, 6.45) is 0.847. The summed E-state index contributed by atoms with van der Waals surface area (Å²) in [6.45, 7) is 3.66. The number of nitrogens with one attached hydrogen (secondary N) is 1. The quantitative estimate of drug-likeness (QED) is 0.571. The van der Waals surface area contributed by atoms with Gasteiger partial charge in [0.15, 0.2) is 6.61 Å². The van der Waals surface area contributed by atoms with Crippen molar-refractivity contribution in [1.82, 2.24) is 5.32 Å². The van der Waals surface area contributed by atoms with Crippen LogP contribution in [0.1, 0.15) is 20.3 Å². The molecule has 0 aliphatic rings. The van der Waals surface area contributed by atoms with Gasteiger partial charge in [-0.2, -0.15) is 0 Å². The Bertz CT molecular complexity index is 1030. The molecule has 0 aliphatic carbocycles. The maximum Gasteiger partial charge on any atom is 0.336 e. The van der Waals surface area contributed by atoms with Crippen molar-refractivity contribution in [2.75, 3.05) is 13.2 Å². The molecule has 0 fully saturated rings. The normalized spacial score (nSPS) is 13.1. The molecule has 6 heteroatoms. The highest BCUT2D eigenvalue weighted by Crippen LogP contribution is 2.29. The number of hydrogen-bond donors (Lipinski definition) is 2. The highest BCUT2D eigenvalue weighted by atomic mass is 16.5. The standard InChI is InChI=1S/C23H25NO5/c1-3-15(2)20(13-25)24-22(26)14-28-17-9-10-18-19(16-7-5-4-6-8-16)12-23(27)29-21(18)11-17/h4-12,15,20,25H,3,13-14H2,1-2H3,(H,24,26)/t15-,20-/m0/s1. The van der Waals surface area contributed by atoms with Gasteiger partial charge in [-0.25, -0.2) is 4.79 Å². The fourth-order valence-electron chi connectivity index (χ4n) is 3.14. The van der Waals surface area contributed by atoms with Gasteiger partial charge in [0.05, 0.1) is 12.6 Å². The molecule has 1 amide bonds. The number of amides is 1. The predicted octanol–water partition coefficient (Wildman–Crippen LogP) is 3.36. The number of carbonyl (C=O) groups is 1. The van der Waals surface area contributed by atoms with Crippen molar-refractivity contribution in [1.29, 1.82) is 0 Å². The van der Waals surface area contributed by atoms with E-state index in [4.69, 9.17) is 9.15 Å². The minimum absolute atomic E-state index is 0.121. The Morgan fingerprint density at radius 2 is 1.93 bits per heavy atom. The number of fused-ring (bicyclic) bond motifs is 1. The summed E-state index contributed by atoms with van der Waals surface area (Å²) in [7, 11) is 0. The molecule has 0 aliphatic heterocycles. The van der Waals surface area contributed by atoms with Crippen LogP contribution in [-0.2, 0) is 4.79 Å². The van der Waals surface area contributed by atoms with E-state index in [2.05, 4.69) is 5.32 Å². The largest absolute Gasteiger partial charge is 0.484 e. The molecule has 0 bridgehead atoms. The number of ether oxygens (including phenoxy) is 1. The van der Waals surface area contributed by atoms with Gasteiger partial charge in [0.1, 0.15) is 11.3 Å². The summed E-state index contributed by atoms with van der Waals surface area (Å²) in [5.74, 6) is 0.268. The van der Waals surface area contributed by atoms with E-state index in [1.807, 2.05) is 50.2 Å². The molecule has 0 saturated carbocycles. The molecule has 2 N–H and O–H groups in total. The molecule has 0 saturated heterocycles. The summed E-state index contributed by atoms with van der Waals surface area (Å²) < 4.78 is 10.9. The summed E-state index contributed by atoms with van der Waals surface area (Å²) >= 11 is 0. The first-order valence-electron chi connectivity index (χ1n) is 9.68.